The lowest BCUT2D eigenvalue weighted by Crippen LogP contribution is -2.48. The van der Waals surface area contributed by atoms with Gasteiger partial charge in [0.1, 0.15) is 5.00 Å². The Kier molecular flexibility index (Phi) is 7.75. The first kappa shape index (κ1) is 27.2. The highest BCUT2D eigenvalue weighted by atomic mass is 32.2. The largest absolute Gasteiger partial charge is 0.373 e. The second-order valence-electron chi connectivity index (χ2n) is 9.66. The molecule has 1 aromatic carbocycles. The normalized spacial score (nSPS) is 20.3. The molecule has 2 aliphatic rings. The molecular formula is C25H32N4O6S2. The van der Waals surface area contributed by atoms with E-state index in [1.165, 1.54) is 51.7 Å². The number of amides is 3. The molecule has 1 fully saturated rings. The van der Waals surface area contributed by atoms with E-state index in [4.69, 9.17) is 4.74 Å². The lowest BCUT2D eigenvalue weighted by molar-refractivity contribution is -0.129. The molecule has 2 aliphatic heterocycles. The standard InChI is InChI=1S/C25H32N4O6S2/c1-15-12-29(13-16(2)35-15)37(33,34)19-8-6-18(7-9-19)23(31)26-24-22(25(32)27(4)5)20-10-11-28(17(3)30)14-21(20)36-24/h6-9,15-16H,10-14H2,1-5H3,(H,26,31). The first-order valence-electron chi connectivity index (χ1n) is 12.1. The van der Waals surface area contributed by atoms with Crippen LogP contribution in [0.15, 0.2) is 29.2 Å². The number of thiophene rings is 1. The summed E-state index contributed by atoms with van der Waals surface area (Å²) in [5.41, 5.74) is 1.56. The van der Waals surface area contributed by atoms with Gasteiger partial charge in [0.25, 0.3) is 11.8 Å². The summed E-state index contributed by atoms with van der Waals surface area (Å²) in [5.74, 6) is -0.715. The van der Waals surface area contributed by atoms with Gasteiger partial charge >= 0.3 is 0 Å². The number of rotatable bonds is 5. The van der Waals surface area contributed by atoms with E-state index in [1.54, 1.807) is 19.0 Å². The van der Waals surface area contributed by atoms with Crippen LogP contribution in [0.3, 0.4) is 0 Å². The number of nitrogens with zero attached hydrogens (tertiary/aromatic N) is 3. The van der Waals surface area contributed by atoms with E-state index in [0.29, 0.717) is 30.1 Å². The number of anilines is 1. The molecule has 0 bridgehead atoms. The number of fused-ring (bicyclic) bond motifs is 1. The third kappa shape index (κ3) is 5.57. The number of carbonyl (C=O) groups is 3. The number of benzene rings is 1. The maximum absolute atomic E-state index is 13.1. The van der Waals surface area contributed by atoms with Gasteiger partial charge in [-0.1, -0.05) is 0 Å². The molecule has 200 valence electrons. The maximum Gasteiger partial charge on any atom is 0.256 e. The van der Waals surface area contributed by atoms with Gasteiger partial charge in [0.05, 0.1) is 29.2 Å². The molecule has 2 atom stereocenters. The Balaban J connectivity index is 1.57. The molecule has 2 aromatic rings. The molecular weight excluding hydrogens is 516 g/mol. The Morgan fingerprint density at radius 1 is 1.08 bits per heavy atom. The van der Waals surface area contributed by atoms with Crippen molar-refractivity contribution in [3.05, 3.63) is 45.8 Å². The molecule has 37 heavy (non-hydrogen) atoms. The Morgan fingerprint density at radius 2 is 1.70 bits per heavy atom. The molecule has 0 spiro atoms. The highest BCUT2D eigenvalue weighted by Gasteiger charge is 2.33. The van der Waals surface area contributed by atoms with Crippen molar-refractivity contribution in [1.82, 2.24) is 14.1 Å². The lowest BCUT2D eigenvalue weighted by Gasteiger charge is -2.34. The molecule has 1 aromatic heterocycles. The number of ether oxygens (including phenoxy) is 1. The topological polar surface area (TPSA) is 116 Å². The highest BCUT2D eigenvalue weighted by Crippen LogP contribution is 2.38. The van der Waals surface area contributed by atoms with Gasteiger partial charge in [-0.2, -0.15) is 4.31 Å². The van der Waals surface area contributed by atoms with E-state index >= 15 is 0 Å². The van der Waals surface area contributed by atoms with Gasteiger partial charge < -0.3 is 19.9 Å². The van der Waals surface area contributed by atoms with E-state index in [-0.39, 0.29) is 47.6 Å². The molecule has 3 heterocycles. The van der Waals surface area contributed by atoms with Gasteiger partial charge in [-0.25, -0.2) is 8.42 Å². The Morgan fingerprint density at radius 3 is 2.27 bits per heavy atom. The fraction of sp³-hybridized carbons (Fsp3) is 0.480. The molecule has 0 saturated carbocycles. The third-order valence-electron chi connectivity index (χ3n) is 6.49. The molecule has 1 N–H and O–H groups in total. The van der Waals surface area contributed by atoms with E-state index in [9.17, 15) is 22.8 Å². The van der Waals surface area contributed by atoms with Crippen LogP contribution in [0, 0.1) is 0 Å². The molecule has 0 aliphatic carbocycles. The number of sulfonamides is 1. The van der Waals surface area contributed by atoms with Gasteiger partial charge in [-0.3, -0.25) is 14.4 Å². The Labute approximate surface area is 221 Å². The van der Waals surface area contributed by atoms with Crippen molar-refractivity contribution in [3.63, 3.8) is 0 Å². The third-order valence-corrected chi connectivity index (χ3v) is 9.47. The SMILES string of the molecule is CC(=O)N1CCc2c(sc(NC(=O)c3ccc(S(=O)(=O)N4CC(C)OC(C)C4)cc3)c2C(=O)N(C)C)C1. The number of carbonyl (C=O) groups excluding carboxylic acids is 3. The minimum Gasteiger partial charge on any atom is -0.373 e. The molecule has 0 radical (unpaired) electrons. The second-order valence-corrected chi connectivity index (χ2v) is 12.7. The van der Waals surface area contributed by atoms with Crippen molar-refractivity contribution in [2.24, 2.45) is 0 Å². The van der Waals surface area contributed by atoms with E-state index < -0.39 is 15.9 Å². The molecule has 12 heteroatoms. The number of morpholine rings is 1. The van der Waals surface area contributed by atoms with Crippen molar-refractivity contribution < 1.29 is 27.5 Å². The summed E-state index contributed by atoms with van der Waals surface area (Å²) in [6.07, 6.45) is 0.116. The fourth-order valence-corrected chi connectivity index (χ4v) is 7.48. The van der Waals surface area contributed by atoms with Gasteiger partial charge in [0.15, 0.2) is 0 Å². The van der Waals surface area contributed by atoms with Gasteiger partial charge in [-0.05, 0) is 50.1 Å². The quantitative estimate of drug-likeness (QED) is 0.614. The smallest absolute Gasteiger partial charge is 0.256 e. The van der Waals surface area contributed by atoms with Crippen molar-refractivity contribution in [3.8, 4) is 0 Å². The average Bonchev–Trinajstić information content (AvgIpc) is 3.19. The molecule has 10 nitrogen and oxygen atoms in total. The predicted molar refractivity (Wildman–Crippen MR) is 140 cm³/mol. The van der Waals surface area contributed by atoms with Gasteiger partial charge in [0.2, 0.25) is 15.9 Å². The van der Waals surface area contributed by atoms with Crippen LogP contribution in [0.4, 0.5) is 5.00 Å². The predicted octanol–water partition coefficient (Wildman–Crippen LogP) is 2.40. The van der Waals surface area contributed by atoms with Crippen molar-refractivity contribution in [2.45, 2.75) is 50.8 Å². The summed E-state index contributed by atoms with van der Waals surface area (Å²) < 4.78 is 33.3. The van der Waals surface area contributed by atoms with Gasteiger partial charge in [-0.15, -0.1) is 11.3 Å². The molecule has 2 unspecified atom stereocenters. The summed E-state index contributed by atoms with van der Waals surface area (Å²) in [6, 6.07) is 5.78. The summed E-state index contributed by atoms with van der Waals surface area (Å²) in [4.78, 5) is 42.1. The highest BCUT2D eigenvalue weighted by molar-refractivity contribution is 7.89. The minimum absolute atomic E-state index is 0.0406. The Bertz CT molecular complexity index is 1310. The van der Waals surface area contributed by atoms with Gasteiger partial charge in [0, 0.05) is 51.1 Å². The second kappa shape index (κ2) is 10.5. The maximum atomic E-state index is 13.1. The van der Waals surface area contributed by atoms with Crippen LogP contribution in [0.5, 0.6) is 0 Å². The van der Waals surface area contributed by atoms with Crippen molar-refractivity contribution in [2.75, 3.05) is 39.0 Å². The average molecular weight is 549 g/mol. The monoisotopic (exact) mass is 548 g/mol. The van der Waals surface area contributed by atoms with E-state index in [2.05, 4.69) is 5.32 Å². The van der Waals surface area contributed by atoms with E-state index in [0.717, 1.165) is 10.4 Å². The summed E-state index contributed by atoms with van der Waals surface area (Å²) in [6.45, 7) is 6.61. The number of nitrogens with one attached hydrogen (secondary N) is 1. The van der Waals surface area contributed by atoms with Crippen LogP contribution in [-0.4, -0.2) is 86.2 Å². The van der Waals surface area contributed by atoms with E-state index in [1.807, 2.05) is 13.8 Å². The van der Waals surface area contributed by atoms with Crippen LogP contribution >= 0.6 is 11.3 Å². The summed E-state index contributed by atoms with van der Waals surface area (Å²) >= 11 is 1.29. The molecule has 3 amide bonds. The van der Waals surface area contributed by atoms with Crippen LogP contribution in [-0.2, 0) is 32.5 Å². The fourth-order valence-electron chi connectivity index (χ4n) is 4.64. The van der Waals surface area contributed by atoms with Crippen LogP contribution < -0.4 is 5.32 Å². The molecule has 4 rings (SSSR count). The Hall–Kier alpha value is -2.80. The first-order chi connectivity index (χ1) is 17.4. The summed E-state index contributed by atoms with van der Waals surface area (Å²) in [5, 5.41) is 3.27. The number of hydrogen-bond donors (Lipinski definition) is 1. The van der Waals surface area contributed by atoms with Crippen molar-refractivity contribution in [1.29, 1.82) is 0 Å². The lowest BCUT2D eigenvalue weighted by atomic mass is 10.0. The first-order valence-corrected chi connectivity index (χ1v) is 14.3. The zero-order chi connectivity index (χ0) is 27.1. The van der Waals surface area contributed by atoms with Crippen LogP contribution in [0.2, 0.25) is 0 Å². The molecule has 1 saturated heterocycles. The number of hydrogen-bond acceptors (Lipinski definition) is 7. The van der Waals surface area contributed by atoms with Crippen LogP contribution in [0.1, 0.15) is 51.9 Å². The zero-order valence-corrected chi connectivity index (χ0v) is 23.2. The zero-order valence-electron chi connectivity index (χ0n) is 21.6. The minimum atomic E-state index is -3.73. The summed E-state index contributed by atoms with van der Waals surface area (Å²) in [7, 11) is -0.429. The van der Waals surface area contributed by atoms with Crippen LogP contribution in [0.25, 0.3) is 0 Å². The van der Waals surface area contributed by atoms with Crippen molar-refractivity contribution >= 4 is 44.1 Å².